The van der Waals surface area contributed by atoms with Crippen molar-refractivity contribution in [2.75, 3.05) is 50.0 Å². The molecule has 4 aliphatic carbocycles. The second-order valence-electron chi connectivity index (χ2n) is 10.4. The van der Waals surface area contributed by atoms with E-state index in [1.54, 1.807) is 0 Å². The molecule has 5 aliphatic rings. The third kappa shape index (κ3) is 4.37. The Labute approximate surface area is 205 Å². The van der Waals surface area contributed by atoms with E-state index < -0.39 is 0 Å². The van der Waals surface area contributed by atoms with Crippen molar-refractivity contribution in [2.45, 2.75) is 37.6 Å². The van der Waals surface area contributed by atoms with Gasteiger partial charge in [-0.05, 0) is 95.0 Å². The first-order valence-electron chi connectivity index (χ1n) is 12.4. The molecule has 1 saturated heterocycles. The fourth-order valence-corrected chi connectivity index (χ4v) is 7.40. The van der Waals surface area contributed by atoms with Crippen LogP contribution >= 0.6 is 15.9 Å². The van der Waals surface area contributed by atoms with Gasteiger partial charge in [-0.2, -0.15) is 0 Å². The van der Waals surface area contributed by atoms with Crippen molar-refractivity contribution in [3.63, 3.8) is 0 Å². The number of nitrogen functional groups attached to an aromatic ring is 1. The van der Waals surface area contributed by atoms with Gasteiger partial charge in [0.2, 0.25) is 0 Å². The minimum Gasteiger partial charge on any atom is -0.404 e. The summed E-state index contributed by atoms with van der Waals surface area (Å²) >= 11 is 3.45. The largest absolute Gasteiger partial charge is 0.404 e. The number of aliphatic hydroxyl groups is 1. The molecule has 33 heavy (non-hydrogen) atoms. The Morgan fingerprint density at radius 1 is 1.12 bits per heavy atom. The fraction of sp³-hybridized carbons (Fsp3) is 0.640. The highest BCUT2D eigenvalue weighted by Gasteiger charge is 2.54. The highest BCUT2D eigenvalue weighted by atomic mass is 79.9. The Morgan fingerprint density at radius 2 is 1.88 bits per heavy atom. The molecule has 1 aromatic carbocycles. The van der Waals surface area contributed by atoms with Gasteiger partial charge in [0.25, 0.3) is 0 Å². The topological polar surface area (TPSA) is 117 Å². The van der Waals surface area contributed by atoms with Crippen LogP contribution in [-0.2, 0) is 0 Å². The maximum atomic E-state index is 9.24. The van der Waals surface area contributed by atoms with Gasteiger partial charge in [-0.15, -0.1) is 0 Å². The normalized spacial score (nSPS) is 34.8. The van der Waals surface area contributed by atoms with Gasteiger partial charge in [0.05, 0.1) is 17.1 Å². The Hall–Kier alpha value is -1.77. The molecule has 7 N–H and O–H groups in total. The first-order chi connectivity index (χ1) is 16.0. The van der Waals surface area contributed by atoms with Crippen LogP contribution in [0.2, 0.25) is 0 Å². The molecule has 1 heterocycles. The zero-order valence-corrected chi connectivity index (χ0v) is 20.8. The molecule has 5 unspecified atom stereocenters. The number of halogens is 1. The predicted octanol–water partition coefficient (Wildman–Crippen LogP) is 2.45. The number of rotatable bonds is 6. The fourth-order valence-electron chi connectivity index (χ4n) is 7.29. The molecule has 6 rings (SSSR count). The van der Waals surface area contributed by atoms with Crippen LogP contribution in [0.3, 0.4) is 0 Å². The van der Waals surface area contributed by atoms with Crippen LogP contribution < -0.4 is 22.1 Å². The van der Waals surface area contributed by atoms with E-state index in [-0.39, 0.29) is 12.6 Å². The molecule has 6 atom stereocenters. The molecule has 4 saturated carbocycles. The first-order valence-corrected chi connectivity index (χ1v) is 13.2. The Balaban J connectivity index is 1.42. The molecule has 1 aliphatic heterocycles. The van der Waals surface area contributed by atoms with Crippen molar-refractivity contribution in [1.29, 1.82) is 0 Å². The van der Waals surface area contributed by atoms with Gasteiger partial charge in [-0.25, -0.2) is 0 Å². The SMILES string of the molecule is N/C=C(/Br)C(N)=N[C@H]1C2CC3CC(C2)C(c2cc(N4CCN(CCO)CC4)ccc2N)C1C3. The van der Waals surface area contributed by atoms with Crippen molar-refractivity contribution in [3.05, 3.63) is 34.4 Å². The van der Waals surface area contributed by atoms with E-state index in [1.165, 1.54) is 43.1 Å². The summed E-state index contributed by atoms with van der Waals surface area (Å²) in [7, 11) is 0. The van der Waals surface area contributed by atoms with E-state index in [0.717, 1.165) is 44.3 Å². The lowest BCUT2D eigenvalue weighted by Gasteiger charge is -2.57. The van der Waals surface area contributed by atoms with Crippen molar-refractivity contribution >= 4 is 33.1 Å². The van der Waals surface area contributed by atoms with Crippen molar-refractivity contribution < 1.29 is 5.11 Å². The van der Waals surface area contributed by atoms with E-state index in [9.17, 15) is 5.11 Å². The van der Waals surface area contributed by atoms with Gasteiger partial charge in [-0.1, -0.05) is 0 Å². The standard InChI is InChI=1S/C25H37BrN6O/c26-21(14-27)25(29)30-24-17-10-15-9-16(12-17)23(20(24)11-15)19-13-18(1-2-22(19)28)32-5-3-31(4-6-32)7-8-33/h1-2,13-17,20,23-24,33H,3-12,27-28H2,(H2,29,30)/b21-14+/t15?,16?,17?,20?,23?,24-/m0/s1. The number of aliphatic hydroxyl groups excluding tert-OH is 1. The van der Waals surface area contributed by atoms with Gasteiger partial charge >= 0.3 is 0 Å². The van der Waals surface area contributed by atoms with Crippen LogP contribution in [-0.4, -0.2) is 61.2 Å². The van der Waals surface area contributed by atoms with Crippen LogP contribution in [0.1, 0.15) is 37.2 Å². The summed E-state index contributed by atoms with van der Waals surface area (Å²) in [6.07, 6.45) is 6.51. The number of β-amino-alcohol motifs (C(OH)–C–C–N with tert-alkyl or cyclic N) is 1. The van der Waals surface area contributed by atoms with Crippen LogP contribution in [0.25, 0.3) is 0 Å². The van der Waals surface area contributed by atoms with Crippen molar-refractivity contribution in [3.8, 4) is 0 Å². The summed E-state index contributed by atoms with van der Waals surface area (Å²) in [5.41, 5.74) is 22.1. The number of aliphatic imine (C=N–C) groups is 1. The van der Waals surface area contributed by atoms with E-state index in [1.807, 2.05) is 0 Å². The molecule has 0 amide bonds. The van der Waals surface area contributed by atoms with Crippen LogP contribution in [0.5, 0.6) is 0 Å². The monoisotopic (exact) mass is 516 g/mol. The Morgan fingerprint density at radius 3 is 2.61 bits per heavy atom. The number of benzene rings is 1. The van der Waals surface area contributed by atoms with Gasteiger partial charge in [0, 0.05) is 50.3 Å². The van der Waals surface area contributed by atoms with Gasteiger partial charge in [0.1, 0.15) is 5.84 Å². The van der Waals surface area contributed by atoms with E-state index in [0.29, 0.717) is 34.0 Å². The summed E-state index contributed by atoms with van der Waals surface area (Å²) in [4.78, 5) is 9.80. The molecular weight excluding hydrogens is 480 g/mol. The smallest absolute Gasteiger partial charge is 0.134 e. The number of anilines is 2. The minimum atomic E-state index is 0.226. The maximum Gasteiger partial charge on any atom is 0.134 e. The molecule has 1 aromatic rings. The summed E-state index contributed by atoms with van der Waals surface area (Å²) in [6.45, 7) is 4.91. The Bertz CT molecular complexity index is 927. The third-order valence-corrected chi connectivity index (χ3v) is 9.31. The molecule has 4 bridgehead atoms. The van der Waals surface area contributed by atoms with Crippen molar-refractivity contribution in [1.82, 2.24) is 4.90 Å². The average molecular weight is 518 g/mol. The molecule has 5 fully saturated rings. The zero-order chi connectivity index (χ0) is 23.1. The molecule has 0 radical (unpaired) electrons. The minimum absolute atomic E-state index is 0.226. The lowest BCUT2D eigenvalue weighted by molar-refractivity contribution is -0.0199. The molecule has 0 aromatic heterocycles. The molecular formula is C25H37BrN6O. The number of nitrogens with two attached hydrogens (primary N) is 3. The lowest BCUT2D eigenvalue weighted by Crippen LogP contribution is -2.52. The number of hydrogen-bond donors (Lipinski definition) is 4. The van der Waals surface area contributed by atoms with Gasteiger partial charge in [0.15, 0.2) is 0 Å². The number of piperazine rings is 1. The first kappa shape index (κ1) is 23.0. The third-order valence-electron chi connectivity index (χ3n) is 8.64. The molecule has 7 nitrogen and oxygen atoms in total. The van der Waals surface area contributed by atoms with E-state index in [2.05, 4.69) is 43.9 Å². The number of amidine groups is 1. The molecule has 0 spiro atoms. The summed E-state index contributed by atoms with van der Waals surface area (Å²) in [5.74, 6) is 3.56. The number of nitrogens with zero attached hydrogens (tertiary/aromatic N) is 3. The number of hydrogen-bond acceptors (Lipinski definition) is 6. The summed E-state index contributed by atoms with van der Waals surface area (Å²) < 4.78 is 0.676. The quantitative estimate of drug-likeness (QED) is 0.262. The van der Waals surface area contributed by atoms with Crippen molar-refractivity contribution in [2.24, 2.45) is 40.1 Å². The van der Waals surface area contributed by atoms with E-state index >= 15 is 0 Å². The van der Waals surface area contributed by atoms with Gasteiger partial charge < -0.3 is 27.2 Å². The highest BCUT2D eigenvalue weighted by Crippen LogP contribution is 2.61. The molecule has 8 heteroatoms. The van der Waals surface area contributed by atoms with Crippen LogP contribution in [0, 0.1) is 23.7 Å². The maximum absolute atomic E-state index is 9.24. The van der Waals surface area contributed by atoms with E-state index in [4.69, 9.17) is 22.2 Å². The van der Waals surface area contributed by atoms with Crippen LogP contribution in [0.15, 0.2) is 33.9 Å². The highest BCUT2D eigenvalue weighted by molar-refractivity contribution is 9.12. The Kier molecular flexibility index (Phi) is 6.60. The molecule has 180 valence electrons. The van der Waals surface area contributed by atoms with Crippen LogP contribution in [0.4, 0.5) is 11.4 Å². The lowest BCUT2D eigenvalue weighted by atomic mass is 9.48. The average Bonchev–Trinajstić information content (AvgIpc) is 2.82. The zero-order valence-electron chi connectivity index (χ0n) is 19.2. The second-order valence-corrected chi connectivity index (χ2v) is 11.3. The summed E-state index contributed by atoms with van der Waals surface area (Å²) in [5, 5.41) is 9.24. The predicted molar refractivity (Wildman–Crippen MR) is 138 cm³/mol. The second kappa shape index (κ2) is 9.47. The summed E-state index contributed by atoms with van der Waals surface area (Å²) in [6, 6.07) is 6.88. The van der Waals surface area contributed by atoms with Gasteiger partial charge in [-0.3, -0.25) is 9.89 Å².